The molecule has 7 heteroatoms. The molecule has 1 aliphatic carbocycles. The van der Waals surface area contributed by atoms with Crippen LogP contribution in [0.1, 0.15) is 72.8 Å². The first-order valence-electron chi connectivity index (χ1n) is 12.4. The first-order valence-corrected chi connectivity index (χ1v) is 12.4. The smallest absolute Gasteiger partial charge is 0.276 e. The zero-order valence-electron chi connectivity index (χ0n) is 20.0. The van der Waals surface area contributed by atoms with Gasteiger partial charge < -0.3 is 5.32 Å². The maximum atomic E-state index is 13.3. The molecule has 0 saturated carbocycles. The molecule has 0 spiro atoms. The highest BCUT2D eigenvalue weighted by atomic mass is 16.2. The molecule has 1 aromatic heterocycles. The van der Waals surface area contributed by atoms with Crippen LogP contribution in [-0.2, 0) is 27.8 Å². The lowest BCUT2D eigenvalue weighted by atomic mass is 9.72. The van der Waals surface area contributed by atoms with Crippen molar-refractivity contribution in [2.45, 2.75) is 63.7 Å². The van der Waals surface area contributed by atoms with Crippen LogP contribution in [0.15, 0.2) is 54.6 Å². The summed E-state index contributed by atoms with van der Waals surface area (Å²) in [7, 11) is 0. The molecule has 7 nitrogen and oxygen atoms in total. The van der Waals surface area contributed by atoms with Crippen LogP contribution in [0.2, 0.25) is 0 Å². The SMILES string of the molecule is CCC1(c2ccc(NC(=O)c3nn(-c4ccccc4)c4c3CCCCC4)cc2)CCC(=O)NC1=O. The molecule has 2 heterocycles. The number of carbonyl (C=O) groups excluding carboxylic acids is 3. The van der Waals surface area contributed by atoms with Crippen molar-refractivity contribution in [3.05, 3.63) is 77.1 Å². The molecule has 0 radical (unpaired) electrons. The number of carbonyl (C=O) groups is 3. The highest BCUT2D eigenvalue weighted by Gasteiger charge is 2.42. The van der Waals surface area contributed by atoms with E-state index >= 15 is 0 Å². The van der Waals surface area contributed by atoms with Gasteiger partial charge in [0.1, 0.15) is 0 Å². The monoisotopic (exact) mass is 470 g/mol. The number of rotatable bonds is 5. The number of para-hydroxylation sites is 1. The van der Waals surface area contributed by atoms with Gasteiger partial charge in [0.05, 0.1) is 11.1 Å². The van der Waals surface area contributed by atoms with Crippen molar-refractivity contribution in [3.63, 3.8) is 0 Å². The number of hydrogen-bond acceptors (Lipinski definition) is 4. The highest BCUT2D eigenvalue weighted by molar-refractivity contribution is 6.05. The highest BCUT2D eigenvalue weighted by Crippen LogP contribution is 2.36. The Morgan fingerprint density at radius 2 is 1.74 bits per heavy atom. The summed E-state index contributed by atoms with van der Waals surface area (Å²) in [5, 5.41) is 10.2. The normalized spacial score (nSPS) is 20.0. The van der Waals surface area contributed by atoms with E-state index in [0.717, 1.165) is 54.6 Å². The van der Waals surface area contributed by atoms with Crippen molar-refractivity contribution in [1.29, 1.82) is 0 Å². The summed E-state index contributed by atoms with van der Waals surface area (Å²) in [6, 6.07) is 17.3. The van der Waals surface area contributed by atoms with Gasteiger partial charge in [0, 0.05) is 23.4 Å². The van der Waals surface area contributed by atoms with Crippen molar-refractivity contribution in [2.24, 2.45) is 0 Å². The van der Waals surface area contributed by atoms with Crippen molar-refractivity contribution < 1.29 is 14.4 Å². The second-order valence-corrected chi connectivity index (χ2v) is 9.43. The Hall–Kier alpha value is -3.74. The van der Waals surface area contributed by atoms with Gasteiger partial charge in [-0.3, -0.25) is 19.7 Å². The number of aromatic nitrogens is 2. The third-order valence-electron chi connectivity index (χ3n) is 7.41. The number of fused-ring (bicyclic) bond motifs is 1. The molecule has 1 aliphatic heterocycles. The number of amides is 3. The van der Waals surface area contributed by atoms with E-state index < -0.39 is 5.41 Å². The van der Waals surface area contributed by atoms with Crippen LogP contribution in [-0.4, -0.2) is 27.5 Å². The van der Waals surface area contributed by atoms with E-state index in [1.54, 1.807) is 0 Å². The van der Waals surface area contributed by atoms with Crippen LogP contribution in [0.5, 0.6) is 0 Å². The molecule has 2 aliphatic rings. The van der Waals surface area contributed by atoms with Gasteiger partial charge in [-0.15, -0.1) is 0 Å². The number of anilines is 1. The third-order valence-corrected chi connectivity index (χ3v) is 7.41. The zero-order chi connectivity index (χ0) is 24.4. The molecule has 5 rings (SSSR count). The van der Waals surface area contributed by atoms with Crippen molar-refractivity contribution in [3.8, 4) is 5.69 Å². The topological polar surface area (TPSA) is 93.1 Å². The van der Waals surface area contributed by atoms with Crippen molar-refractivity contribution in [1.82, 2.24) is 15.1 Å². The van der Waals surface area contributed by atoms with E-state index in [-0.39, 0.29) is 17.7 Å². The summed E-state index contributed by atoms with van der Waals surface area (Å²) < 4.78 is 1.92. The Morgan fingerprint density at radius 1 is 1.00 bits per heavy atom. The molecule has 2 aromatic carbocycles. The van der Waals surface area contributed by atoms with Crippen LogP contribution in [0.4, 0.5) is 5.69 Å². The lowest BCUT2D eigenvalue weighted by Gasteiger charge is -2.35. The molecular formula is C28H30N4O3. The van der Waals surface area contributed by atoms with Gasteiger partial charge in [-0.1, -0.05) is 43.7 Å². The van der Waals surface area contributed by atoms with Gasteiger partial charge in [0.25, 0.3) is 5.91 Å². The Labute approximate surface area is 204 Å². The Kier molecular flexibility index (Phi) is 6.24. The summed E-state index contributed by atoms with van der Waals surface area (Å²) >= 11 is 0. The molecule has 1 atom stereocenters. The van der Waals surface area contributed by atoms with E-state index in [9.17, 15) is 14.4 Å². The molecule has 1 fully saturated rings. The van der Waals surface area contributed by atoms with Crippen molar-refractivity contribution in [2.75, 3.05) is 5.32 Å². The van der Waals surface area contributed by atoms with Gasteiger partial charge in [-0.25, -0.2) is 4.68 Å². The first kappa shape index (κ1) is 23.0. The van der Waals surface area contributed by atoms with Crippen molar-refractivity contribution >= 4 is 23.4 Å². The van der Waals surface area contributed by atoms with Crippen LogP contribution in [0.25, 0.3) is 5.69 Å². The van der Waals surface area contributed by atoms with Crippen LogP contribution >= 0.6 is 0 Å². The molecule has 3 aromatic rings. The lowest BCUT2D eigenvalue weighted by Crippen LogP contribution is -2.51. The van der Waals surface area contributed by atoms with E-state index in [4.69, 9.17) is 5.10 Å². The predicted molar refractivity (Wildman–Crippen MR) is 134 cm³/mol. The molecule has 180 valence electrons. The van der Waals surface area contributed by atoms with Gasteiger partial charge in [0.2, 0.25) is 11.8 Å². The Bertz CT molecular complexity index is 1260. The molecule has 1 saturated heterocycles. The predicted octanol–water partition coefficient (Wildman–Crippen LogP) is 4.48. The maximum absolute atomic E-state index is 13.3. The van der Waals surface area contributed by atoms with E-state index in [1.165, 1.54) is 0 Å². The standard InChI is InChI=1S/C28H30N4O3/c1-2-28(18-17-24(33)30-27(28)35)19-13-15-20(16-14-19)29-26(34)25-22-11-7-4-8-12-23(22)32(31-25)21-9-5-3-6-10-21/h3,5-6,9-10,13-16H,2,4,7-8,11-12,17-18H2,1H3,(H,29,34)(H,30,33,35). The molecule has 35 heavy (non-hydrogen) atoms. The summed E-state index contributed by atoms with van der Waals surface area (Å²) in [6.07, 6.45) is 6.44. The molecule has 3 amide bonds. The Balaban J connectivity index is 1.41. The second-order valence-electron chi connectivity index (χ2n) is 9.43. The quantitative estimate of drug-likeness (QED) is 0.425. The average molecular weight is 471 g/mol. The molecule has 2 N–H and O–H groups in total. The fourth-order valence-electron chi connectivity index (χ4n) is 5.37. The minimum absolute atomic E-state index is 0.225. The molecule has 0 bridgehead atoms. The van der Waals surface area contributed by atoms with Crippen LogP contribution in [0, 0.1) is 0 Å². The Morgan fingerprint density at radius 3 is 2.46 bits per heavy atom. The largest absolute Gasteiger partial charge is 0.321 e. The average Bonchev–Trinajstić information content (AvgIpc) is 3.06. The summed E-state index contributed by atoms with van der Waals surface area (Å²) in [5.41, 5.74) is 4.38. The summed E-state index contributed by atoms with van der Waals surface area (Å²) in [4.78, 5) is 37.7. The van der Waals surface area contributed by atoms with E-state index in [0.29, 0.717) is 30.6 Å². The molecular weight excluding hydrogens is 440 g/mol. The second kappa shape index (κ2) is 9.49. The van der Waals surface area contributed by atoms with Gasteiger partial charge in [-0.05, 0) is 68.4 Å². The van der Waals surface area contributed by atoms with E-state index in [1.807, 2.05) is 66.2 Å². The minimum Gasteiger partial charge on any atom is -0.321 e. The number of nitrogens with zero attached hydrogens (tertiary/aromatic N) is 2. The maximum Gasteiger partial charge on any atom is 0.276 e. The fraction of sp³-hybridized carbons (Fsp3) is 0.357. The molecule has 1 unspecified atom stereocenters. The third kappa shape index (κ3) is 4.27. The van der Waals surface area contributed by atoms with Crippen LogP contribution < -0.4 is 10.6 Å². The number of nitrogens with one attached hydrogen (secondary N) is 2. The number of piperidine rings is 1. The lowest BCUT2D eigenvalue weighted by molar-refractivity contribution is -0.138. The number of imide groups is 1. The number of hydrogen-bond donors (Lipinski definition) is 2. The zero-order valence-corrected chi connectivity index (χ0v) is 20.0. The number of benzene rings is 2. The van der Waals surface area contributed by atoms with Gasteiger partial charge in [-0.2, -0.15) is 5.10 Å². The van der Waals surface area contributed by atoms with E-state index in [2.05, 4.69) is 10.6 Å². The van der Waals surface area contributed by atoms with Crippen LogP contribution in [0.3, 0.4) is 0 Å². The summed E-state index contributed by atoms with van der Waals surface area (Å²) in [6.45, 7) is 1.96. The van der Waals surface area contributed by atoms with Gasteiger partial charge >= 0.3 is 0 Å². The minimum atomic E-state index is -0.720. The van der Waals surface area contributed by atoms with Gasteiger partial charge in [0.15, 0.2) is 5.69 Å². The summed E-state index contributed by atoms with van der Waals surface area (Å²) in [5.74, 6) is -0.698. The fourth-order valence-corrected chi connectivity index (χ4v) is 5.37. The first-order chi connectivity index (χ1) is 17.0.